The van der Waals surface area contributed by atoms with Gasteiger partial charge in [-0.2, -0.15) is 0 Å². The van der Waals surface area contributed by atoms with Gasteiger partial charge in [0, 0.05) is 31.9 Å². The fourth-order valence-electron chi connectivity index (χ4n) is 2.09. The van der Waals surface area contributed by atoms with Crippen LogP contribution in [0, 0.1) is 0 Å². The highest BCUT2D eigenvalue weighted by molar-refractivity contribution is 7.10. The summed E-state index contributed by atoms with van der Waals surface area (Å²) >= 11 is 4.87. The summed E-state index contributed by atoms with van der Waals surface area (Å²) in [5, 5.41) is 14.1. The lowest BCUT2D eigenvalue weighted by molar-refractivity contribution is 0.0697. The average Bonchev–Trinajstić information content (AvgIpc) is 3.48. The van der Waals surface area contributed by atoms with Gasteiger partial charge in [0.05, 0.1) is 11.1 Å². The normalized spacial score (nSPS) is 9.79. The Morgan fingerprint density at radius 3 is 1.55 bits per heavy atom. The third-order valence-corrected chi connectivity index (χ3v) is 7.12. The van der Waals surface area contributed by atoms with E-state index in [0.717, 1.165) is 24.1 Å². The molecule has 5 N–H and O–H groups in total. The maximum atomic E-state index is 10.6. The molecule has 0 atom stereocenters. The Bertz CT molecular complexity index is 826. The number of amides is 1. The van der Waals surface area contributed by atoms with Crippen LogP contribution in [0.15, 0.2) is 34.3 Å². The van der Waals surface area contributed by atoms with Gasteiger partial charge in [0.25, 0.3) is 0 Å². The molecule has 0 saturated heterocycles. The summed E-state index contributed by atoms with van der Waals surface area (Å²) in [6.07, 6.45) is 3.01. The Balaban J connectivity index is 0.000000218. The molecule has 0 aromatic carbocycles. The van der Waals surface area contributed by atoms with Gasteiger partial charge in [-0.1, -0.05) is 20.8 Å². The highest BCUT2D eigenvalue weighted by Crippen LogP contribution is 2.15. The SMILES string of the molecule is CCc1cc(C(=O)O)cs1.CCc1cc(C(N)=O)cs1.CCc1cc(CN)cs1. The first-order chi connectivity index (χ1) is 13.8. The average molecular weight is 453 g/mol. The lowest BCUT2D eigenvalue weighted by Crippen LogP contribution is -2.09. The molecular formula is C21H28N2O3S3. The summed E-state index contributed by atoms with van der Waals surface area (Å²) in [4.78, 5) is 24.6. The molecule has 3 aromatic heterocycles. The minimum Gasteiger partial charge on any atom is -0.478 e. The molecular weight excluding hydrogens is 424 g/mol. The predicted molar refractivity (Wildman–Crippen MR) is 124 cm³/mol. The van der Waals surface area contributed by atoms with Gasteiger partial charge in [0.2, 0.25) is 5.91 Å². The number of rotatable bonds is 6. The van der Waals surface area contributed by atoms with E-state index in [1.54, 1.807) is 39.5 Å². The molecule has 5 nitrogen and oxygen atoms in total. The Hall–Kier alpha value is -2.00. The van der Waals surface area contributed by atoms with Gasteiger partial charge in [0.15, 0.2) is 0 Å². The number of carboxylic acid groups (broad SMARTS) is 1. The quantitative estimate of drug-likeness (QED) is 0.478. The molecule has 3 aromatic rings. The molecule has 0 fully saturated rings. The van der Waals surface area contributed by atoms with Crippen molar-refractivity contribution < 1.29 is 14.7 Å². The van der Waals surface area contributed by atoms with Crippen LogP contribution in [0.3, 0.4) is 0 Å². The van der Waals surface area contributed by atoms with Gasteiger partial charge >= 0.3 is 5.97 Å². The fraction of sp³-hybridized carbons (Fsp3) is 0.333. The number of carbonyl (C=O) groups excluding carboxylic acids is 1. The first kappa shape index (κ1) is 25.0. The van der Waals surface area contributed by atoms with Gasteiger partial charge in [0.1, 0.15) is 0 Å². The monoisotopic (exact) mass is 452 g/mol. The number of primary amides is 1. The van der Waals surface area contributed by atoms with Crippen LogP contribution >= 0.6 is 34.0 Å². The molecule has 8 heteroatoms. The van der Waals surface area contributed by atoms with Crippen LogP contribution in [0.1, 0.15) is 61.7 Å². The topological polar surface area (TPSA) is 106 Å². The van der Waals surface area contributed by atoms with Crippen LogP contribution < -0.4 is 11.5 Å². The summed E-state index contributed by atoms with van der Waals surface area (Å²) in [5.41, 5.74) is 12.8. The van der Waals surface area contributed by atoms with Crippen molar-refractivity contribution in [2.24, 2.45) is 11.5 Å². The molecule has 0 aliphatic heterocycles. The van der Waals surface area contributed by atoms with Gasteiger partial charge in [-0.15, -0.1) is 34.0 Å². The molecule has 0 bridgehead atoms. The lowest BCUT2D eigenvalue weighted by atomic mass is 10.3. The highest BCUT2D eigenvalue weighted by Gasteiger charge is 2.04. The number of nitrogens with two attached hydrogens (primary N) is 2. The number of carbonyl (C=O) groups is 2. The smallest absolute Gasteiger partial charge is 0.336 e. The summed E-state index contributed by atoms with van der Waals surface area (Å²) in [5.74, 6) is -1.17. The van der Waals surface area contributed by atoms with Crippen molar-refractivity contribution in [3.05, 3.63) is 65.7 Å². The van der Waals surface area contributed by atoms with Crippen molar-refractivity contribution in [1.82, 2.24) is 0 Å². The minimum atomic E-state index is -0.837. The van der Waals surface area contributed by atoms with E-state index in [0.29, 0.717) is 17.7 Å². The van der Waals surface area contributed by atoms with Crippen molar-refractivity contribution in [3.8, 4) is 0 Å². The van der Waals surface area contributed by atoms with Crippen LogP contribution in [0.25, 0.3) is 0 Å². The van der Waals surface area contributed by atoms with Crippen molar-refractivity contribution >= 4 is 45.9 Å². The summed E-state index contributed by atoms with van der Waals surface area (Å²) in [6, 6.07) is 5.73. The molecule has 0 radical (unpaired) electrons. The number of aryl methyl sites for hydroxylation is 3. The van der Waals surface area contributed by atoms with Gasteiger partial charge in [-0.05, 0) is 48.4 Å². The molecule has 0 aliphatic carbocycles. The van der Waals surface area contributed by atoms with Crippen LogP contribution in [-0.4, -0.2) is 17.0 Å². The Morgan fingerprint density at radius 1 is 0.828 bits per heavy atom. The zero-order chi connectivity index (χ0) is 21.8. The molecule has 0 saturated carbocycles. The number of hydrogen-bond acceptors (Lipinski definition) is 6. The van der Waals surface area contributed by atoms with Crippen molar-refractivity contribution in [2.75, 3.05) is 0 Å². The van der Waals surface area contributed by atoms with Crippen molar-refractivity contribution in [1.29, 1.82) is 0 Å². The van der Waals surface area contributed by atoms with E-state index < -0.39 is 5.97 Å². The van der Waals surface area contributed by atoms with E-state index in [2.05, 4.69) is 25.3 Å². The first-order valence-corrected chi connectivity index (χ1v) is 11.9. The van der Waals surface area contributed by atoms with Crippen molar-refractivity contribution in [3.63, 3.8) is 0 Å². The van der Waals surface area contributed by atoms with Crippen molar-refractivity contribution in [2.45, 2.75) is 46.6 Å². The second-order valence-corrected chi connectivity index (χ2v) is 8.95. The van der Waals surface area contributed by atoms with Crippen LogP contribution in [0.4, 0.5) is 0 Å². The summed E-state index contributed by atoms with van der Waals surface area (Å²) in [7, 11) is 0. The molecule has 0 aliphatic rings. The van der Waals surface area contributed by atoms with Gasteiger partial charge in [-0.25, -0.2) is 4.79 Å². The Morgan fingerprint density at radius 2 is 1.28 bits per heavy atom. The van der Waals surface area contributed by atoms with Crippen LogP contribution in [0.2, 0.25) is 0 Å². The van der Waals surface area contributed by atoms with Gasteiger partial charge < -0.3 is 16.6 Å². The summed E-state index contributed by atoms with van der Waals surface area (Å²) < 4.78 is 0. The second-order valence-electron chi connectivity index (χ2n) is 5.96. The Kier molecular flexibility index (Phi) is 11.5. The van der Waals surface area contributed by atoms with E-state index in [1.807, 2.05) is 13.0 Å². The molecule has 0 spiro atoms. The third-order valence-electron chi connectivity index (χ3n) is 3.83. The highest BCUT2D eigenvalue weighted by atomic mass is 32.1. The maximum Gasteiger partial charge on any atom is 0.336 e. The standard InChI is InChI=1S/C7H9NOS.C7H11NS.C7H8O2S/c1-2-6-3-5(4-10-6)7(8)9;1-2-7-3-6(4-8)5-9-7;1-2-6-3-5(4-10-6)7(8)9/h3-4H,2H2,1H3,(H2,8,9);3,5H,2,4,8H2,1H3;3-4H,2H2,1H3,(H,8,9). The zero-order valence-electron chi connectivity index (χ0n) is 16.9. The van der Waals surface area contributed by atoms with Crippen LogP contribution in [0.5, 0.6) is 0 Å². The van der Waals surface area contributed by atoms with E-state index in [-0.39, 0.29) is 5.91 Å². The molecule has 3 heterocycles. The lowest BCUT2D eigenvalue weighted by Gasteiger charge is -1.83. The minimum absolute atomic E-state index is 0.337. The molecule has 3 rings (SSSR count). The zero-order valence-corrected chi connectivity index (χ0v) is 19.4. The molecule has 29 heavy (non-hydrogen) atoms. The fourth-order valence-corrected chi connectivity index (χ4v) is 4.58. The summed E-state index contributed by atoms with van der Waals surface area (Å²) in [6.45, 7) is 6.90. The third kappa shape index (κ3) is 8.91. The number of aromatic carboxylic acids is 1. The largest absolute Gasteiger partial charge is 0.478 e. The van der Waals surface area contributed by atoms with E-state index >= 15 is 0 Å². The second kappa shape index (κ2) is 13.3. The number of hydrogen-bond donors (Lipinski definition) is 3. The molecule has 1 amide bonds. The number of carboxylic acids is 1. The first-order valence-electron chi connectivity index (χ1n) is 9.28. The van der Waals surface area contributed by atoms with Gasteiger partial charge in [-0.3, -0.25) is 4.79 Å². The Labute approximate surface area is 184 Å². The van der Waals surface area contributed by atoms with E-state index in [9.17, 15) is 9.59 Å². The van der Waals surface area contributed by atoms with Crippen LogP contribution in [-0.2, 0) is 25.8 Å². The number of thiophene rings is 3. The maximum absolute atomic E-state index is 10.6. The molecule has 158 valence electrons. The predicted octanol–water partition coefficient (Wildman–Crippen LogP) is 5.19. The van der Waals surface area contributed by atoms with E-state index in [4.69, 9.17) is 16.6 Å². The van der Waals surface area contributed by atoms with E-state index in [1.165, 1.54) is 26.7 Å². The molecule has 0 unspecified atom stereocenters.